The van der Waals surface area contributed by atoms with Crippen LogP contribution in [0.4, 0.5) is 13.2 Å². The highest BCUT2D eigenvalue weighted by molar-refractivity contribution is 5.89. The molecule has 1 N–H and O–H groups in total. The van der Waals surface area contributed by atoms with Crippen molar-refractivity contribution in [2.45, 2.75) is 12.7 Å². The molecule has 0 atom stereocenters. The van der Waals surface area contributed by atoms with Crippen molar-refractivity contribution >= 4 is 10.9 Å². The number of alkyl halides is 3. The van der Waals surface area contributed by atoms with Crippen LogP contribution in [-0.2, 0) is 6.54 Å². The summed E-state index contributed by atoms with van der Waals surface area (Å²) in [6.07, 6.45) is 0.234. The van der Waals surface area contributed by atoms with Gasteiger partial charge in [0.15, 0.2) is 6.61 Å². The Bertz CT molecular complexity index is 996. The SMILES string of the molecule is CN(C)CCn1cnc(-c2nccc3c(=O)[nH]c(OCC(F)(F)F)nc23)c1. The number of hydrogen-bond acceptors (Lipinski definition) is 6. The van der Waals surface area contributed by atoms with Gasteiger partial charge in [-0.05, 0) is 20.2 Å². The minimum absolute atomic E-state index is 0.122. The molecule has 0 spiro atoms. The Kier molecular flexibility index (Phi) is 5.13. The van der Waals surface area contributed by atoms with Gasteiger partial charge in [-0.2, -0.15) is 18.2 Å². The molecule has 0 fully saturated rings. The van der Waals surface area contributed by atoms with Gasteiger partial charge in [0.1, 0.15) is 16.9 Å². The van der Waals surface area contributed by atoms with Gasteiger partial charge in [0.05, 0.1) is 11.7 Å². The zero-order chi connectivity index (χ0) is 19.6. The molecule has 11 heteroatoms. The molecule has 0 unspecified atom stereocenters. The van der Waals surface area contributed by atoms with Crippen LogP contribution >= 0.6 is 0 Å². The van der Waals surface area contributed by atoms with Crippen LogP contribution in [0.3, 0.4) is 0 Å². The van der Waals surface area contributed by atoms with Crippen LogP contribution in [0.2, 0.25) is 0 Å². The second-order valence-electron chi connectivity index (χ2n) is 6.13. The first-order chi connectivity index (χ1) is 12.7. The normalized spacial score (nSPS) is 12.1. The lowest BCUT2D eigenvalue weighted by Crippen LogP contribution is -2.21. The number of hydrogen-bond donors (Lipinski definition) is 1. The molecule has 27 heavy (non-hydrogen) atoms. The molecule has 0 aliphatic rings. The van der Waals surface area contributed by atoms with Crippen LogP contribution in [0.5, 0.6) is 6.01 Å². The lowest BCUT2D eigenvalue weighted by Gasteiger charge is -2.09. The van der Waals surface area contributed by atoms with Crippen LogP contribution in [0.1, 0.15) is 0 Å². The van der Waals surface area contributed by atoms with Crippen molar-refractivity contribution in [2.24, 2.45) is 0 Å². The number of H-pyrrole nitrogens is 1. The van der Waals surface area contributed by atoms with Crippen LogP contribution in [0.25, 0.3) is 22.3 Å². The molecule has 0 amide bonds. The Labute approximate surface area is 151 Å². The first-order valence-electron chi connectivity index (χ1n) is 7.98. The predicted octanol–water partition coefficient (Wildman–Crippen LogP) is 1.68. The summed E-state index contributed by atoms with van der Waals surface area (Å²) in [5.74, 6) is 0. The Hall–Kier alpha value is -2.95. The van der Waals surface area contributed by atoms with Crippen molar-refractivity contribution in [3.8, 4) is 17.4 Å². The van der Waals surface area contributed by atoms with Crippen molar-refractivity contribution in [3.63, 3.8) is 0 Å². The zero-order valence-corrected chi connectivity index (χ0v) is 14.6. The fourth-order valence-corrected chi connectivity index (χ4v) is 2.37. The summed E-state index contributed by atoms with van der Waals surface area (Å²) in [5.41, 5.74) is 0.252. The van der Waals surface area contributed by atoms with Crippen LogP contribution < -0.4 is 10.3 Å². The number of ether oxygens (including phenoxy) is 1. The van der Waals surface area contributed by atoms with Crippen molar-refractivity contribution < 1.29 is 17.9 Å². The molecule has 3 rings (SSSR count). The third-order valence-corrected chi connectivity index (χ3v) is 3.66. The van der Waals surface area contributed by atoms with Crippen LogP contribution in [0.15, 0.2) is 29.6 Å². The smallest absolute Gasteiger partial charge is 0.422 e. The highest BCUT2D eigenvalue weighted by atomic mass is 19.4. The Balaban J connectivity index is 1.98. The van der Waals surface area contributed by atoms with Gasteiger partial charge in [-0.15, -0.1) is 0 Å². The molecule has 0 aromatic carbocycles. The molecule has 3 aromatic heterocycles. The molecule has 0 aliphatic carbocycles. The minimum atomic E-state index is -4.55. The second-order valence-corrected chi connectivity index (χ2v) is 6.13. The second kappa shape index (κ2) is 7.35. The van der Waals surface area contributed by atoms with Crippen molar-refractivity contribution in [2.75, 3.05) is 27.2 Å². The summed E-state index contributed by atoms with van der Waals surface area (Å²) < 4.78 is 43.5. The Morgan fingerprint density at radius 2 is 2.07 bits per heavy atom. The van der Waals surface area contributed by atoms with Gasteiger partial charge in [0, 0.05) is 25.5 Å². The third-order valence-electron chi connectivity index (χ3n) is 3.66. The van der Waals surface area contributed by atoms with E-state index in [0.29, 0.717) is 17.9 Å². The average Bonchev–Trinajstić information content (AvgIpc) is 3.06. The fourth-order valence-electron chi connectivity index (χ4n) is 2.37. The van der Waals surface area contributed by atoms with E-state index >= 15 is 0 Å². The number of aromatic nitrogens is 5. The monoisotopic (exact) mass is 382 g/mol. The van der Waals surface area contributed by atoms with E-state index in [9.17, 15) is 18.0 Å². The molecule has 0 bridgehead atoms. The molecule has 0 aliphatic heterocycles. The van der Waals surface area contributed by atoms with E-state index in [-0.39, 0.29) is 10.9 Å². The topological polar surface area (TPSA) is 88.9 Å². The van der Waals surface area contributed by atoms with E-state index in [1.54, 1.807) is 12.5 Å². The first kappa shape index (κ1) is 18.8. The number of fused-ring (bicyclic) bond motifs is 1. The standard InChI is InChI=1S/C16H17F3N6O2/c1-24(2)5-6-25-7-11(21-9-25)13-12-10(3-4-20-13)14(26)23-15(22-12)27-8-16(17,18)19/h3-4,7,9H,5-6,8H2,1-2H3,(H,22,23,26). The Morgan fingerprint density at radius 1 is 1.30 bits per heavy atom. The molecule has 0 saturated heterocycles. The quantitative estimate of drug-likeness (QED) is 0.698. The summed E-state index contributed by atoms with van der Waals surface area (Å²) in [5, 5.41) is 0.183. The number of nitrogens with zero attached hydrogens (tertiary/aromatic N) is 5. The van der Waals surface area contributed by atoms with Gasteiger partial charge in [-0.3, -0.25) is 14.8 Å². The van der Waals surface area contributed by atoms with Crippen LogP contribution in [-0.4, -0.2) is 62.8 Å². The number of aromatic amines is 1. The molecular weight excluding hydrogens is 365 g/mol. The van der Waals surface area contributed by atoms with E-state index in [0.717, 1.165) is 6.54 Å². The number of pyridine rings is 1. The summed E-state index contributed by atoms with van der Waals surface area (Å²) >= 11 is 0. The van der Waals surface area contributed by atoms with E-state index in [1.165, 1.54) is 12.3 Å². The third kappa shape index (κ3) is 4.61. The molecule has 0 saturated carbocycles. The highest BCUT2D eigenvalue weighted by Crippen LogP contribution is 2.23. The van der Waals surface area contributed by atoms with Crippen molar-refractivity contribution in [3.05, 3.63) is 35.1 Å². The van der Waals surface area contributed by atoms with E-state index in [4.69, 9.17) is 0 Å². The lowest BCUT2D eigenvalue weighted by molar-refractivity contribution is -0.154. The maximum Gasteiger partial charge on any atom is 0.422 e. The molecule has 8 nitrogen and oxygen atoms in total. The molecular formula is C16H17F3N6O2. The summed E-state index contributed by atoms with van der Waals surface area (Å²) in [7, 11) is 3.89. The number of imidazole rings is 1. The van der Waals surface area contributed by atoms with Gasteiger partial charge < -0.3 is 14.2 Å². The van der Waals surface area contributed by atoms with Crippen molar-refractivity contribution in [1.82, 2.24) is 29.4 Å². The lowest BCUT2D eigenvalue weighted by atomic mass is 10.2. The molecule has 0 radical (unpaired) electrons. The minimum Gasteiger partial charge on any atom is -0.455 e. The number of rotatable bonds is 6. The van der Waals surface area contributed by atoms with E-state index < -0.39 is 24.4 Å². The summed E-state index contributed by atoms with van der Waals surface area (Å²) in [6, 6.07) is 0.910. The summed E-state index contributed by atoms with van der Waals surface area (Å²) in [6.45, 7) is -0.0684. The predicted molar refractivity (Wildman–Crippen MR) is 91.5 cm³/mol. The van der Waals surface area contributed by atoms with Gasteiger partial charge in [-0.25, -0.2) is 4.98 Å². The van der Waals surface area contributed by atoms with E-state index in [2.05, 4.69) is 24.7 Å². The highest BCUT2D eigenvalue weighted by Gasteiger charge is 2.29. The van der Waals surface area contributed by atoms with Gasteiger partial charge in [-0.1, -0.05) is 0 Å². The zero-order valence-electron chi connectivity index (χ0n) is 14.6. The number of likely N-dealkylation sites (N-methyl/N-ethyl adjacent to an activating group) is 1. The Morgan fingerprint density at radius 3 is 2.78 bits per heavy atom. The molecule has 3 heterocycles. The largest absolute Gasteiger partial charge is 0.455 e. The van der Waals surface area contributed by atoms with Gasteiger partial charge in [0.25, 0.3) is 11.6 Å². The average molecular weight is 382 g/mol. The molecule has 144 valence electrons. The fraction of sp³-hybridized carbons (Fsp3) is 0.375. The van der Waals surface area contributed by atoms with E-state index in [1.807, 2.05) is 23.6 Å². The number of halogens is 3. The maximum atomic E-state index is 12.4. The number of nitrogens with one attached hydrogen (secondary N) is 1. The van der Waals surface area contributed by atoms with Crippen molar-refractivity contribution in [1.29, 1.82) is 0 Å². The first-order valence-corrected chi connectivity index (χ1v) is 7.98. The molecule has 3 aromatic rings. The summed E-state index contributed by atoms with van der Waals surface area (Å²) in [4.78, 5) is 28.8. The van der Waals surface area contributed by atoms with Crippen LogP contribution in [0, 0.1) is 0 Å². The van der Waals surface area contributed by atoms with Gasteiger partial charge in [0.2, 0.25) is 0 Å². The maximum absolute atomic E-state index is 12.4. The van der Waals surface area contributed by atoms with Gasteiger partial charge >= 0.3 is 6.18 Å².